The average molecular weight is 387 g/mol. The van der Waals surface area contributed by atoms with Crippen LogP contribution in [0.5, 0.6) is 0 Å². The van der Waals surface area contributed by atoms with Gasteiger partial charge in [-0.25, -0.2) is 0 Å². The molecule has 0 aromatic heterocycles. The summed E-state index contributed by atoms with van der Waals surface area (Å²) in [5.41, 5.74) is 1.77. The Hall–Kier alpha value is -2.71. The lowest BCUT2D eigenvalue weighted by molar-refractivity contribution is 0.105. The first-order valence-electron chi connectivity index (χ1n) is 8.11. The molecule has 2 heteroatoms. The van der Waals surface area contributed by atoms with E-state index in [1.54, 1.807) is 6.08 Å². The molecule has 0 aliphatic heterocycles. The first-order valence-corrected chi connectivity index (χ1v) is 8.90. The minimum absolute atomic E-state index is 0.0240. The van der Waals surface area contributed by atoms with Gasteiger partial charge in [0.25, 0.3) is 0 Å². The lowest BCUT2D eigenvalue weighted by Crippen LogP contribution is -1.98. The highest BCUT2D eigenvalue weighted by molar-refractivity contribution is 9.10. The molecular weight excluding hydrogens is 372 g/mol. The van der Waals surface area contributed by atoms with Gasteiger partial charge in [-0.1, -0.05) is 82.7 Å². The summed E-state index contributed by atoms with van der Waals surface area (Å²) >= 11 is 3.43. The van der Waals surface area contributed by atoms with Gasteiger partial charge >= 0.3 is 0 Å². The molecule has 0 spiro atoms. The Kier molecular flexibility index (Phi) is 4.21. The zero-order valence-electron chi connectivity index (χ0n) is 13.4. The van der Waals surface area contributed by atoms with Gasteiger partial charge in [0.15, 0.2) is 5.78 Å². The predicted octanol–water partition coefficient (Wildman–Crippen LogP) is 6.65. The highest BCUT2D eigenvalue weighted by Crippen LogP contribution is 2.29. The Morgan fingerprint density at radius 2 is 1.32 bits per heavy atom. The number of allylic oxidation sites excluding steroid dienone is 1. The molecule has 4 rings (SSSR count). The molecule has 0 heterocycles. The zero-order valence-corrected chi connectivity index (χ0v) is 15.0. The van der Waals surface area contributed by atoms with Gasteiger partial charge in [-0.05, 0) is 51.4 Å². The Labute approximate surface area is 154 Å². The summed E-state index contributed by atoms with van der Waals surface area (Å²) in [5.74, 6) is 0.0240. The molecular formula is C23H15BrO. The Morgan fingerprint density at radius 3 is 1.92 bits per heavy atom. The molecule has 120 valence electrons. The van der Waals surface area contributed by atoms with E-state index in [-0.39, 0.29) is 5.78 Å². The number of hydrogen-bond acceptors (Lipinski definition) is 1. The van der Waals surface area contributed by atoms with Crippen molar-refractivity contribution in [3.8, 4) is 0 Å². The standard InChI is InChI=1S/C23H15BrO/c24-19-12-9-16(10-13-19)11-14-22(25)23-20-7-3-1-5-17(20)15-18-6-2-4-8-21(18)23/h1-15H/b14-11-. The van der Waals surface area contributed by atoms with Crippen molar-refractivity contribution in [2.75, 3.05) is 0 Å². The van der Waals surface area contributed by atoms with E-state index in [0.717, 1.165) is 37.1 Å². The van der Waals surface area contributed by atoms with Crippen LogP contribution < -0.4 is 0 Å². The van der Waals surface area contributed by atoms with Gasteiger partial charge in [0, 0.05) is 10.0 Å². The maximum Gasteiger partial charge on any atom is 0.187 e. The number of carbonyl (C=O) groups is 1. The van der Waals surface area contributed by atoms with E-state index in [1.807, 2.05) is 66.7 Å². The zero-order chi connectivity index (χ0) is 17.2. The van der Waals surface area contributed by atoms with E-state index in [4.69, 9.17) is 0 Å². The summed E-state index contributed by atoms with van der Waals surface area (Å²) in [6.45, 7) is 0. The van der Waals surface area contributed by atoms with Gasteiger partial charge in [0.1, 0.15) is 0 Å². The largest absolute Gasteiger partial charge is 0.289 e. The molecule has 0 saturated heterocycles. The smallest absolute Gasteiger partial charge is 0.187 e. The van der Waals surface area contributed by atoms with Crippen molar-refractivity contribution in [3.05, 3.63) is 101 Å². The van der Waals surface area contributed by atoms with E-state index in [2.05, 4.69) is 34.1 Å². The fourth-order valence-corrected chi connectivity index (χ4v) is 3.37. The quantitative estimate of drug-likeness (QED) is 0.218. The Bertz CT molecular complexity index is 1050. The summed E-state index contributed by atoms with van der Waals surface area (Å²) in [5, 5.41) is 4.15. The molecule has 4 aromatic carbocycles. The number of carbonyl (C=O) groups excluding carboxylic acids is 1. The fourth-order valence-electron chi connectivity index (χ4n) is 3.11. The fraction of sp³-hybridized carbons (Fsp3) is 0. The van der Waals surface area contributed by atoms with E-state index >= 15 is 0 Å². The topological polar surface area (TPSA) is 17.1 Å². The van der Waals surface area contributed by atoms with Crippen molar-refractivity contribution in [2.24, 2.45) is 0 Å². The van der Waals surface area contributed by atoms with Crippen LogP contribution in [0.2, 0.25) is 0 Å². The monoisotopic (exact) mass is 386 g/mol. The molecule has 0 radical (unpaired) electrons. The minimum atomic E-state index is 0.0240. The molecule has 4 aromatic rings. The third-order valence-corrected chi connectivity index (χ3v) is 4.84. The van der Waals surface area contributed by atoms with E-state index < -0.39 is 0 Å². The molecule has 0 amide bonds. The van der Waals surface area contributed by atoms with Gasteiger partial charge in [0.2, 0.25) is 0 Å². The van der Waals surface area contributed by atoms with Crippen LogP contribution in [0.1, 0.15) is 15.9 Å². The van der Waals surface area contributed by atoms with Crippen molar-refractivity contribution in [1.29, 1.82) is 0 Å². The SMILES string of the molecule is O=C(/C=C\c1ccc(Br)cc1)c1c2ccccc2cc2ccccc12. The van der Waals surface area contributed by atoms with Crippen molar-refractivity contribution in [1.82, 2.24) is 0 Å². The number of halogens is 1. The van der Waals surface area contributed by atoms with Gasteiger partial charge in [-0.3, -0.25) is 4.79 Å². The van der Waals surface area contributed by atoms with Crippen LogP contribution in [0.25, 0.3) is 27.6 Å². The molecule has 0 aliphatic carbocycles. The predicted molar refractivity (Wildman–Crippen MR) is 109 cm³/mol. The third kappa shape index (κ3) is 3.13. The molecule has 0 saturated carbocycles. The maximum atomic E-state index is 13.0. The highest BCUT2D eigenvalue weighted by Gasteiger charge is 2.12. The van der Waals surface area contributed by atoms with Crippen molar-refractivity contribution in [2.45, 2.75) is 0 Å². The van der Waals surface area contributed by atoms with Crippen LogP contribution >= 0.6 is 15.9 Å². The van der Waals surface area contributed by atoms with Gasteiger partial charge in [0.05, 0.1) is 0 Å². The van der Waals surface area contributed by atoms with Gasteiger partial charge < -0.3 is 0 Å². The van der Waals surface area contributed by atoms with Gasteiger partial charge in [-0.2, -0.15) is 0 Å². The van der Waals surface area contributed by atoms with E-state index in [1.165, 1.54) is 0 Å². The highest BCUT2D eigenvalue weighted by atomic mass is 79.9. The molecule has 0 fully saturated rings. The second-order valence-electron chi connectivity index (χ2n) is 5.94. The first-order chi connectivity index (χ1) is 12.2. The Morgan fingerprint density at radius 1 is 0.760 bits per heavy atom. The number of ketones is 1. The molecule has 0 bridgehead atoms. The van der Waals surface area contributed by atoms with Crippen LogP contribution in [0.15, 0.2) is 89.4 Å². The lowest BCUT2D eigenvalue weighted by atomic mass is 9.94. The normalized spacial score (nSPS) is 11.4. The van der Waals surface area contributed by atoms with Crippen LogP contribution in [-0.2, 0) is 0 Å². The number of rotatable bonds is 3. The van der Waals surface area contributed by atoms with Crippen LogP contribution in [-0.4, -0.2) is 5.78 Å². The van der Waals surface area contributed by atoms with Gasteiger partial charge in [-0.15, -0.1) is 0 Å². The minimum Gasteiger partial charge on any atom is -0.289 e. The molecule has 0 unspecified atom stereocenters. The van der Waals surface area contributed by atoms with Crippen LogP contribution in [0.3, 0.4) is 0 Å². The van der Waals surface area contributed by atoms with Crippen LogP contribution in [0.4, 0.5) is 0 Å². The second-order valence-corrected chi connectivity index (χ2v) is 6.86. The summed E-state index contributed by atoms with van der Waals surface area (Å²) in [6, 6.07) is 26.1. The molecule has 0 N–H and O–H groups in total. The second kappa shape index (κ2) is 6.66. The third-order valence-electron chi connectivity index (χ3n) is 4.31. The number of hydrogen-bond donors (Lipinski definition) is 0. The first kappa shape index (κ1) is 15.8. The maximum absolute atomic E-state index is 13.0. The summed E-state index contributed by atoms with van der Waals surface area (Å²) in [4.78, 5) is 13.0. The molecule has 0 aliphatic rings. The van der Waals surface area contributed by atoms with Crippen molar-refractivity contribution < 1.29 is 4.79 Å². The summed E-state index contributed by atoms with van der Waals surface area (Å²) in [7, 11) is 0. The number of fused-ring (bicyclic) bond motifs is 2. The molecule has 0 atom stereocenters. The van der Waals surface area contributed by atoms with Crippen LogP contribution in [0, 0.1) is 0 Å². The average Bonchev–Trinajstić information content (AvgIpc) is 2.65. The lowest BCUT2D eigenvalue weighted by Gasteiger charge is -2.09. The van der Waals surface area contributed by atoms with E-state index in [9.17, 15) is 4.79 Å². The number of benzene rings is 4. The summed E-state index contributed by atoms with van der Waals surface area (Å²) in [6.07, 6.45) is 3.53. The Balaban J connectivity index is 1.86. The summed E-state index contributed by atoms with van der Waals surface area (Å²) < 4.78 is 1.02. The van der Waals surface area contributed by atoms with Crippen molar-refractivity contribution >= 4 is 49.3 Å². The van der Waals surface area contributed by atoms with E-state index in [0.29, 0.717) is 0 Å². The van der Waals surface area contributed by atoms with Crippen molar-refractivity contribution in [3.63, 3.8) is 0 Å². The molecule has 25 heavy (non-hydrogen) atoms. The molecule has 1 nitrogen and oxygen atoms in total.